The van der Waals surface area contributed by atoms with Crippen molar-refractivity contribution in [3.8, 4) is 0 Å². The summed E-state index contributed by atoms with van der Waals surface area (Å²) in [5.74, 6) is 0. The fourth-order valence-corrected chi connectivity index (χ4v) is 6.41. The maximum atomic E-state index is 9.35. The van der Waals surface area contributed by atoms with Crippen molar-refractivity contribution in [2.75, 3.05) is 19.8 Å². The number of hydrogen-bond donors (Lipinski definition) is 2. The molecule has 0 rings (SSSR count). The fraction of sp³-hybridized carbons (Fsp3) is 1.00. The highest BCUT2D eigenvalue weighted by Gasteiger charge is 2.49. The molecule has 0 bridgehead atoms. The predicted molar refractivity (Wildman–Crippen MR) is 77.1 cm³/mol. The van der Waals surface area contributed by atoms with E-state index in [-0.39, 0.29) is 13.2 Å². The van der Waals surface area contributed by atoms with Gasteiger partial charge in [-0.25, -0.2) is 0 Å². The summed E-state index contributed by atoms with van der Waals surface area (Å²) in [6.07, 6.45) is -1.26. The molecule has 8 heteroatoms. The Hall–Kier alpha value is 0.194. The molecule has 0 heterocycles. The number of aliphatic hydroxyl groups is 2. The van der Waals surface area contributed by atoms with E-state index in [1.54, 1.807) is 13.8 Å². The summed E-state index contributed by atoms with van der Waals surface area (Å²) >= 11 is 0. The fourth-order valence-electron chi connectivity index (χ4n) is 1.21. The molecule has 6 nitrogen and oxygen atoms in total. The molecule has 0 saturated carbocycles. The number of rotatable bonds is 10. The monoisotopic (exact) mass is 312 g/mol. The average Bonchev–Trinajstić information content (AvgIpc) is 2.22. The molecule has 2 atom stereocenters. The minimum Gasteiger partial charge on any atom is -0.394 e. The summed E-state index contributed by atoms with van der Waals surface area (Å²) in [6.45, 7) is 11.6. The van der Waals surface area contributed by atoms with Gasteiger partial charge in [-0.05, 0) is 40.4 Å². The van der Waals surface area contributed by atoms with Crippen molar-refractivity contribution in [3.05, 3.63) is 0 Å². The molecule has 0 fully saturated rings. The SMILES string of the molecule is CCO[Si](OCC(C)O)(OCC(C)O)O[Si](C)(C)C. The third-order valence-electron chi connectivity index (χ3n) is 1.75. The molecule has 0 aliphatic heterocycles. The van der Waals surface area contributed by atoms with Gasteiger partial charge in [0.05, 0.1) is 25.4 Å². The minimum atomic E-state index is -3.31. The Morgan fingerprint density at radius 3 is 1.58 bits per heavy atom. The largest absolute Gasteiger partial charge is 0.669 e. The van der Waals surface area contributed by atoms with Gasteiger partial charge in [0.15, 0.2) is 8.32 Å². The highest BCUT2D eigenvalue weighted by Crippen LogP contribution is 2.19. The first kappa shape index (κ1) is 19.2. The predicted octanol–water partition coefficient (Wildman–Crippen LogP) is 1.10. The van der Waals surface area contributed by atoms with Crippen molar-refractivity contribution in [2.45, 2.75) is 52.6 Å². The third kappa shape index (κ3) is 9.69. The van der Waals surface area contributed by atoms with E-state index < -0.39 is 29.6 Å². The lowest BCUT2D eigenvalue weighted by molar-refractivity contribution is -0.0352. The van der Waals surface area contributed by atoms with Crippen LogP contribution < -0.4 is 0 Å². The molecule has 2 unspecified atom stereocenters. The topological polar surface area (TPSA) is 77.4 Å². The Bertz CT molecular complexity index is 230. The van der Waals surface area contributed by atoms with Crippen molar-refractivity contribution in [1.82, 2.24) is 0 Å². The van der Waals surface area contributed by atoms with E-state index in [2.05, 4.69) is 0 Å². The van der Waals surface area contributed by atoms with Crippen LogP contribution in [0.25, 0.3) is 0 Å². The van der Waals surface area contributed by atoms with Gasteiger partial charge in [-0.1, -0.05) is 0 Å². The summed E-state index contributed by atoms with van der Waals surface area (Å²) in [7, 11) is -5.27. The lowest BCUT2D eigenvalue weighted by atomic mass is 10.5. The first-order valence-electron chi connectivity index (χ1n) is 6.58. The molecule has 0 aromatic rings. The van der Waals surface area contributed by atoms with Crippen LogP contribution in [0, 0.1) is 0 Å². The van der Waals surface area contributed by atoms with E-state index in [1.165, 1.54) is 0 Å². The zero-order valence-corrected chi connectivity index (χ0v) is 14.8. The Labute approximate surface area is 118 Å². The lowest BCUT2D eigenvalue weighted by Gasteiger charge is -2.33. The summed E-state index contributed by atoms with van der Waals surface area (Å²) in [4.78, 5) is 0. The molecular formula is C11H28O6Si2. The zero-order valence-electron chi connectivity index (χ0n) is 12.8. The van der Waals surface area contributed by atoms with Crippen molar-refractivity contribution in [1.29, 1.82) is 0 Å². The van der Waals surface area contributed by atoms with Gasteiger partial charge >= 0.3 is 9.05 Å². The van der Waals surface area contributed by atoms with E-state index in [1.807, 2.05) is 26.6 Å². The maximum Gasteiger partial charge on any atom is 0.669 e. The molecule has 0 amide bonds. The van der Waals surface area contributed by atoms with Gasteiger partial charge < -0.3 is 27.6 Å². The molecular weight excluding hydrogens is 284 g/mol. The highest BCUT2D eigenvalue weighted by atomic mass is 28.5. The van der Waals surface area contributed by atoms with Crippen LogP contribution in [0.4, 0.5) is 0 Å². The summed E-state index contributed by atoms with van der Waals surface area (Å²) in [5, 5.41) is 18.7. The quantitative estimate of drug-likeness (QED) is 0.588. The number of aliphatic hydroxyl groups excluding tert-OH is 2. The smallest absolute Gasteiger partial charge is 0.394 e. The van der Waals surface area contributed by atoms with Crippen LogP contribution in [-0.4, -0.2) is 59.6 Å². The van der Waals surface area contributed by atoms with E-state index in [0.29, 0.717) is 6.61 Å². The van der Waals surface area contributed by atoms with Gasteiger partial charge in [0.2, 0.25) is 0 Å². The van der Waals surface area contributed by atoms with Gasteiger partial charge in [-0.3, -0.25) is 0 Å². The van der Waals surface area contributed by atoms with Crippen LogP contribution in [-0.2, 0) is 17.4 Å². The van der Waals surface area contributed by atoms with Crippen LogP contribution in [0.5, 0.6) is 0 Å². The van der Waals surface area contributed by atoms with Gasteiger partial charge in [0.25, 0.3) is 0 Å². The molecule has 0 radical (unpaired) electrons. The van der Waals surface area contributed by atoms with Crippen molar-refractivity contribution in [3.63, 3.8) is 0 Å². The van der Waals surface area contributed by atoms with Gasteiger partial charge in [0, 0.05) is 6.61 Å². The second kappa shape index (κ2) is 8.47. The average molecular weight is 313 g/mol. The Balaban J connectivity index is 4.86. The zero-order chi connectivity index (χ0) is 15.1. The normalized spacial score (nSPS) is 18.9. The standard InChI is InChI=1S/C11H28O6Si2/c1-7-14-19(15-8-10(2)12,16-9-11(3)13)17-18(4,5)6/h10-13H,7-9H2,1-6H3. The second-order valence-corrected chi connectivity index (χ2v) is 12.4. The van der Waals surface area contributed by atoms with Crippen molar-refractivity contribution >= 4 is 17.4 Å². The third-order valence-corrected chi connectivity index (χ3v) is 6.89. The van der Waals surface area contributed by atoms with E-state index in [4.69, 9.17) is 17.4 Å². The first-order chi connectivity index (χ1) is 8.60. The molecule has 0 aromatic heterocycles. The van der Waals surface area contributed by atoms with Crippen molar-refractivity contribution < 1.29 is 27.6 Å². The summed E-state index contributed by atoms with van der Waals surface area (Å²) in [6, 6.07) is 0. The van der Waals surface area contributed by atoms with Crippen LogP contribution in [0.15, 0.2) is 0 Å². The molecule has 19 heavy (non-hydrogen) atoms. The molecule has 0 saturated heterocycles. The van der Waals surface area contributed by atoms with Gasteiger partial charge in [0.1, 0.15) is 0 Å². The molecule has 0 aromatic carbocycles. The van der Waals surface area contributed by atoms with Crippen LogP contribution in [0.3, 0.4) is 0 Å². The van der Waals surface area contributed by atoms with E-state index in [0.717, 1.165) is 0 Å². The minimum absolute atomic E-state index is 0.0799. The van der Waals surface area contributed by atoms with Crippen LogP contribution >= 0.6 is 0 Å². The highest BCUT2D eigenvalue weighted by molar-refractivity contribution is 6.78. The first-order valence-corrected chi connectivity index (χ1v) is 11.6. The molecule has 0 aliphatic carbocycles. The summed E-state index contributed by atoms with van der Waals surface area (Å²) < 4.78 is 22.8. The van der Waals surface area contributed by atoms with Crippen LogP contribution in [0.2, 0.25) is 19.6 Å². The maximum absolute atomic E-state index is 9.35. The van der Waals surface area contributed by atoms with Gasteiger partial charge in [-0.2, -0.15) is 0 Å². The lowest BCUT2D eigenvalue weighted by Crippen LogP contribution is -2.56. The Kier molecular flexibility index (Phi) is 8.56. The molecule has 2 N–H and O–H groups in total. The van der Waals surface area contributed by atoms with Crippen molar-refractivity contribution in [2.24, 2.45) is 0 Å². The molecule has 0 aliphatic rings. The second-order valence-electron chi connectivity index (χ2n) is 5.47. The molecule has 116 valence electrons. The van der Waals surface area contributed by atoms with E-state index in [9.17, 15) is 10.2 Å². The Morgan fingerprint density at radius 1 is 0.895 bits per heavy atom. The van der Waals surface area contributed by atoms with Crippen LogP contribution in [0.1, 0.15) is 20.8 Å². The Morgan fingerprint density at radius 2 is 1.32 bits per heavy atom. The van der Waals surface area contributed by atoms with E-state index >= 15 is 0 Å². The molecule has 0 spiro atoms. The number of hydrogen-bond acceptors (Lipinski definition) is 6. The summed E-state index contributed by atoms with van der Waals surface area (Å²) in [5.41, 5.74) is 0. The van der Waals surface area contributed by atoms with Gasteiger partial charge in [-0.15, -0.1) is 0 Å².